The normalized spacial score (nSPS) is 20.8. The monoisotopic (exact) mass is 325 g/mol. The van der Waals surface area contributed by atoms with Crippen LogP contribution in [0.4, 0.5) is 5.82 Å². The first-order valence-corrected chi connectivity index (χ1v) is 8.64. The Morgan fingerprint density at radius 2 is 2.12 bits per heavy atom. The van der Waals surface area contributed by atoms with E-state index in [-0.39, 0.29) is 6.10 Å². The van der Waals surface area contributed by atoms with Gasteiger partial charge in [0, 0.05) is 48.8 Å². The summed E-state index contributed by atoms with van der Waals surface area (Å²) in [6.45, 7) is 3.54. The minimum absolute atomic E-state index is 0.208. The van der Waals surface area contributed by atoms with Crippen LogP contribution in [0.2, 0.25) is 0 Å². The van der Waals surface area contributed by atoms with Crippen molar-refractivity contribution in [1.82, 2.24) is 19.9 Å². The lowest BCUT2D eigenvalue weighted by molar-refractivity contribution is -0.0117. The van der Waals surface area contributed by atoms with Crippen molar-refractivity contribution in [3.63, 3.8) is 0 Å². The molecule has 1 unspecified atom stereocenters. The number of likely N-dealkylation sites (N-methyl/N-ethyl adjacent to an activating group) is 1. The molecule has 1 aliphatic heterocycles. The third-order valence-electron chi connectivity index (χ3n) is 4.71. The van der Waals surface area contributed by atoms with Crippen LogP contribution in [0, 0.1) is 0 Å². The van der Waals surface area contributed by atoms with Gasteiger partial charge in [0.05, 0.1) is 12.7 Å². The molecule has 0 radical (unpaired) electrons. The van der Waals surface area contributed by atoms with Crippen molar-refractivity contribution in [1.29, 1.82) is 0 Å². The molecule has 0 bridgehead atoms. The van der Waals surface area contributed by atoms with Gasteiger partial charge in [0.25, 0.3) is 0 Å². The Balaban J connectivity index is 1.56. The van der Waals surface area contributed by atoms with E-state index in [2.05, 4.69) is 22.2 Å². The maximum absolute atomic E-state index is 5.85. The van der Waals surface area contributed by atoms with Gasteiger partial charge in [-0.25, -0.2) is 9.97 Å². The van der Waals surface area contributed by atoms with Gasteiger partial charge in [-0.2, -0.15) is 0 Å². The summed E-state index contributed by atoms with van der Waals surface area (Å²) >= 11 is 0. The minimum atomic E-state index is 0.208. The number of ether oxygens (including phenoxy) is 1. The Kier molecular flexibility index (Phi) is 4.40. The summed E-state index contributed by atoms with van der Waals surface area (Å²) in [7, 11) is 2.14. The lowest BCUT2D eigenvalue weighted by Gasteiger charge is -2.30. The first-order chi connectivity index (χ1) is 11.8. The minimum Gasteiger partial charge on any atom is -0.374 e. The highest BCUT2D eigenvalue weighted by Gasteiger charge is 2.22. The Bertz CT molecular complexity index is 706. The third kappa shape index (κ3) is 3.25. The Morgan fingerprint density at radius 3 is 2.96 bits per heavy atom. The van der Waals surface area contributed by atoms with E-state index in [1.807, 2.05) is 12.1 Å². The average molecular weight is 325 g/mol. The summed E-state index contributed by atoms with van der Waals surface area (Å²) in [6.07, 6.45) is 7.02. The van der Waals surface area contributed by atoms with E-state index in [4.69, 9.17) is 14.7 Å². The van der Waals surface area contributed by atoms with Crippen LogP contribution < -0.4 is 5.32 Å². The number of nitrogens with one attached hydrogen (secondary N) is 1. The van der Waals surface area contributed by atoms with E-state index >= 15 is 0 Å². The first kappa shape index (κ1) is 15.5. The summed E-state index contributed by atoms with van der Waals surface area (Å²) < 4.78 is 5.85. The van der Waals surface area contributed by atoms with Crippen LogP contribution in [-0.2, 0) is 17.6 Å². The lowest BCUT2D eigenvalue weighted by Crippen LogP contribution is -2.43. The van der Waals surface area contributed by atoms with E-state index in [0.29, 0.717) is 0 Å². The van der Waals surface area contributed by atoms with E-state index < -0.39 is 0 Å². The van der Waals surface area contributed by atoms with Crippen molar-refractivity contribution in [2.45, 2.75) is 25.4 Å². The number of hydrogen-bond acceptors (Lipinski definition) is 6. The van der Waals surface area contributed by atoms with Crippen LogP contribution in [0.5, 0.6) is 0 Å². The predicted octanol–water partition coefficient (Wildman–Crippen LogP) is 1.77. The van der Waals surface area contributed by atoms with Crippen LogP contribution in [-0.4, -0.2) is 59.2 Å². The maximum atomic E-state index is 5.85. The van der Waals surface area contributed by atoms with Crippen LogP contribution in [0.1, 0.15) is 17.7 Å². The number of aryl methyl sites for hydroxylation is 1. The van der Waals surface area contributed by atoms with Crippen molar-refractivity contribution >= 4 is 5.82 Å². The van der Waals surface area contributed by atoms with Gasteiger partial charge in [-0.15, -0.1) is 0 Å². The van der Waals surface area contributed by atoms with E-state index in [9.17, 15) is 0 Å². The summed E-state index contributed by atoms with van der Waals surface area (Å²) in [4.78, 5) is 16.0. The molecule has 1 fully saturated rings. The largest absolute Gasteiger partial charge is 0.374 e. The molecule has 0 spiro atoms. The molecule has 2 aliphatic rings. The van der Waals surface area contributed by atoms with Gasteiger partial charge in [-0.3, -0.25) is 4.98 Å². The third-order valence-corrected chi connectivity index (χ3v) is 4.71. The topological polar surface area (TPSA) is 63.2 Å². The Morgan fingerprint density at radius 1 is 1.25 bits per heavy atom. The van der Waals surface area contributed by atoms with Crippen LogP contribution in [0.15, 0.2) is 24.5 Å². The molecule has 1 N–H and O–H groups in total. The van der Waals surface area contributed by atoms with Gasteiger partial charge < -0.3 is 15.0 Å². The SMILES string of the molecule is CN1CCOC(CNc2nc(-c3ccncc3)nc3c2CCC3)C1. The number of hydrogen-bond donors (Lipinski definition) is 1. The number of nitrogens with zero attached hydrogens (tertiary/aromatic N) is 4. The van der Waals surface area contributed by atoms with Gasteiger partial charge in [0.15, 0.2) is 5.82 Å². The molecule has 126 valence electrons. The molecule has 1 saturated heterocycles. The van der Waals surface area contributed by atoms with Gasteiger partial charge >= 0.3 is 0 Å². The molecule has 4 rings (SSSR count). The van der Waals surface area contributed by atoms with E-state index in [0.717, 1.165) is 62.7 Å². The predicted molar refractivity (Wildman–Crippen MR) is 93.0 cm³/mol. The van der Waals surface area contributed by atoms with Crippen LogP contribution >= 0.6 is 0 Å². The highest BCUT2D eigenvalue weighted by Crippen LogP contribution is 2.29. The lowest BCUT2D eigenvalue weighted by atomic mass is 10.2. The number of rotatable bonds is 4. The summed E-state index contributed by atoms with van der Waals surface area (Å²) in [6, 6.07) is 3.92. The van der Waals surface area contributed by atoms with E-state index in [1.54, 1.807) is 12.4 Å². The number of anilines is 1. The molecule has 3 heterocycles. The molecule has 1 atom stereocenters. The highest BCUT2D eigenvalue weighted by molar-refractivity contribution is 5.60. The molecule has 1 aliphatic carbocycles. The molecule has 0 aromatic carbocycles. The molecular weight excluding hydrogens is 302 g/mol. The second-order valence-electron chi connectivity index (χ2n) is 6.55. The average Bonchev–Trinajstić information content (AvgIpc) is 3.09. The van der Waals surface area contributed by atoms with Gasteiger partial charge in [0.2, 0.25) is 0 Å². The Hall–Kier alpha value is -2.05. The summed E-state index contributed by atoms with van der Waals surface area (Å²) in [5.74, 6) is 1.75. The standard InChI is InChI=1S/C18H23N5O/c1-23-9-10-24-14(12-23)11-20-18-15-3-2-4-16(15)21-17(22-18)13-5-7-19-8-6-13/h5-8,14H,2-4,9-12H2,1H3,(H,20,21,22). The zero-order valence-corrected chi connectivity index (χ0v) is 14.0. The maximum Gasteiger partial charge on any atom is 0.161 e. The second kappa shape index (κ2) is 6.83. The smallest absolute Gasteiger partial charge is 0.161 e. The zero-order valence-electron chi connectivity index (χ0n) is 14.0. The fourth-order valence-corrected chi connectivity index (χ4v) is 3.41. The molecule has 2 aromatic heterocycles. The van der Waals surface area contributed by atoms with E-state index in [1.165, 1.54) is 11.3 Å². The Labute approximate surface area is 142 Å². The fourth-order valence-electron chi connectivity index (χ4n) is 3.41. The van der Waals surface area contributed by atoms with Crippen LogP contribution in [0.3, 0.4) is 0 Å². The summed E-state index contributed by atoms with van der Waals surface area (Å²) in [5, 5.41) is 3.53. The summed E-state index contributed by atoms with van der Waals surface area (Å²) in [5.41, 5.74) is 3.47. The highest BCUT2D eigenvalue weighted by atomic mass is 16.5. The molecular formula is C18H23N5O. The fraction of sp³-hybridized carbons (Fsp3) is 0.500. The molecule has 6 heteroatoms. The molecule has 0 saturated carbocycles. The second-order valence-corrected chi connectivity index (χ2v) is 6.55. The number of aromatic nitrogens is 3. The van der Waals surface area contributed by atoms with Crippen molar-refractivity contribution in [3.8, 4) is 11.4 Å². The number of pyridine rings is 1. The van der Waals surface area contributed by atoms with Crippen molar-refractivity contribution in [3.05, 3.63) is 35.8 Å². The van der Waals surface area contributed by atoms with Crippen molar-refractivity contribution < 1.29 is 4.74 Å². The van der Waals surface area contributed by atoms with Gasteiger partial charge in [-0.05, 0) is 38.4 Å². The molecule has 2 aromatic rings. The number of fused-ring (bicyclic) bond motifs is 1. The number of morpholine rings is 1. The van der Waals surface area contributed by atoms with Crippen molar-refractivity contribution in [2.24, 2.45) is 0 Å². The first-order valence-electron chi connectivity index (χ1n) is 8.64. The van der Waals surface area contributed by atoms with Crippen LogP contribution in [0.25, 0.3) is 11.4 Å². The molecule has 6 nitrogen and oxygen atoms in total. The quantitative estimate of drug-likeness (QED) is 0.924. The van der Waals surface area contributed by atoms with Crippen molar-refractivity contribution in [2.75, 3.05) is 38.6 Å². The van der Waals surface area contributed by atoms with Gasteiger partial charge in [0.1, 0.15) is 5.82 Å². The molecule has 0 amide bonds. The zero-order chi connectivity index (χ0) is 16.4. The molecule has 24 heavy (non-hydrogen) atoms. The van der Waals surface area contributed by atoms with Gasteiger partial charge in [-0.1, -0.05) is 0 Å².